The summed E-state index contributed by atoms with van der Waals surface area (Å²) in [6.07, 6.45) is -1.79. The third-order valence-electron chi connectivity index (χ3n) is 3.08. The van der Waals surface area contributed by atoms with E-state index < -0.39 is 11.7 Å². The molecule has 0 radical (unpaired) electrons. The maximum Gasteiger partial charge on any atom is 0.420 e. The summed E-state index contributed by atoms with van der Waals surface area (Å²) >= 11 is 0. The third kappa shape index (κ3) is 1.89. The first-order valence-electron chi connectivity index (χ1n) is 5.86. The van der Waals surface area contributed by atoms with Crippen LogP contribution in [0.1, 0.15) is 5.56 Å². The van der Waals surface area contributed by atoms with Crippen LogP contribution in [-0.2, 0) is 6.18 Å². The molecule has 0 saturated heterocycles. The molecule has 6 heteroatoms. The highest BCUT2D eigenvalue weighted by Crippen LogP contribution is 2.39. The number of benzene rings is 1. The van der Waals surface area contributed by atoms with Crippen molar-refractivity contribution in [1.82, 2.24) is 9.38 Å². The maximum absolute atomic E-state index is 13.4. The summed E-state index contributed by atoms with van der Waals surface area (Å²) in [6.45, 7) is 0. The fourth-order valence-electron chi connectivity index (χ4n) is 2.21. The zero-order chi connectivity index (χ0) is 14.3. The van der Waals surface area contributed by atoms with Gasteiger partial charge in [-0.05, 0) is 17.2 Å². The first-order valence-corrected chi connectivity index (χ1v) is 5.86. The van der Waals surface area contributed by atoms with Crippen LogP contribution < -0.4 is 5.73 Å². The van der Waals surface area contributed by atoms with Gasteiger partial charge in [0.15, 0.2) is 5.65 Å². The molecule has 0 aliphatic carbocycles. The highest BCUT2D eigenvalue weighted by molar-refractivity contribution is 5.75. The van der Waals surface area contributed by atoms with Crippen molar-refractivity contribution in [2.75, 3.05) is 5.73 Å². The average Bonchev–Trinajstić information content (AvgIpc) is 2.79. The molecule has 0 aliphatic rings. The molecule has 0 spiro atoms. The lowest BCUT2D eigenvalue weighted by Gasteiger charge is -2.14. The lowest BCUT2D eigenvalue weighted by molar-refractivity contribution is -0.136. The number of pyridine rings is 1. The largest absolute Gasteiger partial charge is 0.420 e. The molecular formula is C14H10F3N3. The number of rotatable bonds is 1. The minimum atomic E-state index is -4.51. The molecular weight excluding hydrogens is 267 g/mol. The number of nitrogen functional groups attached to an aromatic ring is 1. The van der Waals surface area contributed by atoms with Crippen molar-refractivity contribution in [3.63, 3.8) is 0 Å². The number of nitrogens with zero attached hydrogens (tertiary/aromatic N) is 2. The van der Waals surface area contributed by atoms with Crippen LogP contribution in [0.15, 0.2) is 48.8 Å². The quantitative estimate of drug-likeness (QED) is 0.738. The lowest BCUT2D eigenvalue weighted by atomic mass is 10.0. The average molecular weight is 277 g/mol. The van der Waals surface area contributed by atoms with Crippen molar-refractivity contribution in [2.45, 2.75) is 6.18 Å². The van der Waals surface area contributed by atoms with E-state index in [1.165, 1.54) is 22.9 Å². The molecule has 0 fully saturated rings. The molecule has 1 aromatic carbocycles. The minimum absolute atomic E-state index is 0.0937. The molecule has 0 atom stereocenters. The van der Waals surface area contributed by atoms with Crippen LogP contribution in [0.25, 0.3) is 16.8 Å². The van der Waals surface area contributed by atoms with Crippen molar-refractivity contribution >= 4 is 11.5 Å². The Bertz CT molecular complexity index is 760. The van der Waals surface area contributed by atoms with Gasteiger partial charge in [-0.3, -0.25) is 4.40 Å². The van der Waals surface area contributed by atoms with Gasteiger partial charge >= 0.3 is 6.18 Å². The highest BCUT2D eigenvalue weighted by atomic mass is 19.4. The first kappa shape index (κ1) is 12.5. The number of aromatic nitrogens is 2. The molecule has 3 nitrogen and oxygen atoms in total. The fourth-order valence-corrected chi connectivity index (χ4v) is 2.21. The predicted molar refractivity (Wildman–Crippen MR) is 70.0 cm³/mol. The van der Waals surface area contributed by atoms with Gasteiger partial charge in [0.2, 0.25) is 0 Å². The van der Waals surface area contributed by atoms with Crippen LogP contribution in [0.4, 0.5) is 19.0 Å². The Hall–Kier alpha value is -2.50. The van der Waals surface area contributed by atoms with Gasteiger partial charge in [0, 0.05) is 6.20 Å². The standard InChI is InChI=1S/C14H10F3N3/c15-14(16,17)12-10(9-4-2-1-3-5-9)6-7-20-11(18)8-19-13(12)20/h1-8H,18H2. The topological polar surface area (TPSA) is 43.3 Å². The number of halogens is 3. The Labute approximate surface area is 112 Å². The number of fused-ring (bicyclic) bond motifs is 1. The van der Waals surface area contributed by atoms with Crippen LogP contribution in [0.5, 0.6) is 0 Å². The molecule has 0 saturated carbocycles. The predicted octanol–water partition coefficient (Wildman–Crippen LogP) is 3.60. The fraction of sp³-hybridized carbons (Fsp3) is 0.0714. The highest BCUT2D eigenvalue weighted by Gasteiger charge is 2.37. The zero-order valence-corrected chi connectivity index (χ0v) is 10.2. The smallest absolute Gasteiger partial charge is 0.383 e. The van der Waals surface area contributed by atoms with Crippen molar-refractivity contribution in [2.24, 2.45) is 0 Å². The molecule has 2 heterocycles. The van der Waals surface area contributed by atoms with Crippen molar-refractivity contribution in [3.05, 3.63) is 54.4 Å². The van der Waals surface area contributed by atoms with Gasteiger partial charge in [-0.15, -0.1) is 0 Å². The number of hydrogen-bond donors (Lipinski definition) is 1. The monoisotopic (exact) mass is 277 g/mol. The van der Waals surface area contributed by atoms with E-state index in [2.05, 4.69) is 4.98 Å². The zero-order valence-electron chi connectivity index (χ0n) is 10.2. The Morgan fingerprint density at radius 2 is 1.75 bits per heavy atom. The van der Waals surface area contributed by atoms with Gasteiger partial charge in [-0.2, -0.15) is 13.2 Å². The van der Waals surface area contributed by atoms with E-state index in [4.69, 9.17) is 5.73 Å². The molecule has 3 aromatic rings. The molecule has 102 valence electrons. The number of nitrogens with two attached hydrogens (primary N) is 1. The van der Waals surface area contributed by atoms with E-state index >= 15 is 0 Å². The summed E-state index contributed by atoms with van der Waals surface area (Å²) in [5, 5.41) is 0. The summed E-state index contributed by atoms with van der Waals surface area (Å²) in [4.78, 5) is 3.79. The van der Waals surface area contributed by atoms with Crippen LogP contribution in [-0.4, -0.2) is 9.38 Å². The van der Waals surface area contributed by atoms with Crippen LogP contribution in [0.2, 0.25) is 0 Å². The van der Waals surface area contributed by atoms with Gasteiger partial charge in [0.25, 0.3) is 0 Å². The van der Waals surface area contributed by atoms with Gasteiger partial charge in [-0.1, -0.05) is 30.3 Å². The van der Waals surface area contributed by atoms with E-state index in [1.807, 2.05) is 0 Å². The second kappa shape index (κ2) is 4.26. The van der Waals surface area contributed by atoms with Crippen molar-refractivity contribution in [1.29, 1.82) is 0 Å². The Balaban J connectivity index is 2.38. The van der Waals surface area contributed by atoms with Gasteiger partial charge in [-0.25, -0.2) is 4.98 Å². The Kier molecular flexibility index (Phi) is 2.67. The van der Waals surface area contributed by atoms with Crippen LogP contribution in [0.3, 0.4) is 0 Å². The van der Waals surface area contributed by atoms with Crippen LogP contribution in [0, 0.1) is 0 Å². The van der Waals surface area contributed by atoms with Crippen molar-refractivity contribution in [3.8, 4) is 11.1 Å². The van der Waals surface area contributed by atoms with Crippen LogP contribution >= 0.6 is 0 Å². The SMILES string of the molecule is Nc1cnc2c(C(F)(F)F)c(-c3ccccc3)ccn12. The second-order valence-corrected chi connectivity index (χ2v) is 4.34. The summed E-state index contributed by atoms with van der Waals surface area (Å²) < 4.78 is 41.4. The second-order valence-electron chi connectivity index (χ2n) is 4.34. The number of anilines is 1. The molecule has 0 aliphatic heterocycles. The van der Waals surface area contributed by atoms with E-state index in [9.17, 15) is 13.2 Å². The first-order chi connectivity index (χ1) is 9.48. The van der Waals surface area contributed by atoms with Gasteiger partial charge < -0.3 is 5.73 Å². The van der Waals surface area contributed by atoms with Gasteiger partial charge in [0.1, 0.15) is 11.4 Å². The van der Waals surface area contributed by atoms with Gasteiger partial charge in [0.05, 0.1) is 6.20 Å². The van der Waals surface area contributed by atoms with E-state index in [0.717, 1.165) is 0 Å². The molecule has 2 aromatic heterocycles. The third-order valence-corrected chi connectivity index (χ3v) is 3.08. The van der Waals surface area contributed by atoms with Crippen molar-refractivity contribution < 1.29 is 13.2 Å². The molecule has 0 bridgehead atoms. The Morgan fingerprint density at radius 1 is 1.05 bits per heavy atom. The summed E-state index contributed by atoms with van der Waals surface area (Å²) in [7, 11) is 0. The summed E-state index contributed by atoms with van der Waals surface area (Å²) in [5.41, 5.74) is 5.23. The molecule has 0 unspecified atom stereocenters. The maximum atomic E-state index is 13.4. The summed E-state index contributed by atoms with van der Waals surface area (Å²) in [6, 6.07) is 9.81. The normalized spacial score (nSPS) is 11.9. The Morgan fingerprint density at radius 3 is 2.40 bits per heavy atom. The van der Waals surface area contributed by atoms with E-state index in [0.29, 0.717) is 5.56 Å². The molecule has 2 N–H and O–H groups in total. The van der Waals surface area contributed by atoms with E-state index in [-0.39, 0.29) is 17.0 Å². The number of hydrogen-bond acceptors (Lipinski definition) is 2. The molecule has 20 heavy (non-hydrogen) atoms. The molecule has 0 amide bonds. The number of alkyl halides is 3. The lowest BCUT2D eigenvalue weighted by Crippen LogP contribution is -2.10. The summed E-state index contributed by atoms with van der Waals surface area (Å²) in [5.74, 6) is 0.171. The number of imidazole rings is 1. The molecule has 3 rings (SSSR count). The van der Waals surface area contributed by atoms with E-state index in [1.54, 1.807) is 30.3 Å². The minimum Gasteiger partial charge on any atom is -0.383 e.